The van der Waals surface area contributed by atoms with Crippen LogP contribution in [0.4, 0.5) is 0 Å². The summed E-state index contributed by atoms with van der Waals surface area (Å²) < 4.78 is 11.3. The van der Waals surface area contributed by atoms with Crippen LogP contribution in [0.25, 0.3) is 0 Å². The van der Waals surface area contributed by atoms with Gasteiger partial charge >= 0.3 is 5.97 Å². The monoisotopic (exact) mass is 400 g/mol. The average Bonchev–Trinajstić information content (AvgIpc) is 2.76. The average molecular weight is 401 g/mol. The van der Waals surface area contributed by atoms with Gasteiger partial charge in [0.2, 0.25) is 0 Å². The maximum absolute atomic E-state index is 12.6. The Morgan fingerprint density at radius 3 is 2.00 bits per heavy atom. The van der Waals surface area contributed by atoms with Crippen molar-refractivity contribution in [3.8, 4) is 11.5 Å². The summed E-state index contributed by atoms with van der Waals surface area (Å²) in [7, 11) is 0. The number of rotatable bonds is 9. The van der Waals surface area contributed by atoms with Crippen LogP contribution < -0.4 is 9.47 Å². The van der Waals surface area contributed by atoms with Gasteiger partial charge in [0.1, 0.15) is 11.5 Å². The van der Waals surface area contributed by atoms with E-state index in [1.54, 1.807) is 0 Å². The van der Waals surface area contributed by atoms with Crippen LogP contribution in [-0.2, 0) is 4.79 Å². The lowest BCUT2D eigenvalue weighted by molar-refractivity contribution is -0.140. The molecule has 29 heavy (non-hydrogen) atoms. The van der Waals surface area contributed by atoms with Crippen LogP contribution >= 0.6 is 0 Å². The van der Waals surface area contributed by atoms with E-state index in [0.29, 0.717) is 5.75 Å². The minimum absolute atomic E-state index is 0.0465. The third-order valence-electron chi connectivity index (χ3n) is 7.17. The molecular weight excluding hydrogens is 360 g/mol. The van der Waals surface area contributed by atoms with Gasteiger partial charge < -0.3 is 9.47 Å². The molecule has 1 aromatic rings. The zero-order valence-corrected chi connectivity index (χ0v) is 18.5. The molecule has 0 aliphatic heterocycles. The second-order valence-electron chi connectivity index (χ2n) is 9.28. The third-order valence-corrected chi connectivity index (χ3v) is 7.17. The molecule has 0 unspecified atom stereocenters. The van der Waals surface area contributed by atoms with E-state index in [4.69, 9.17) is 9.47 Å². The third kappa shape index (κ3) is 6.76. The largest absolute Gasteiger partial charge is 0.494 e. The van der Waals surface area contributed by atoms with Gasteiger partial charge in [-0.25, -0.2) is 0 Å². The van der Waals surface area contributed by atoms with Crippen molar-refractivity contribution >= 4 is 5.97 Å². The van der Waals surface area contributed by atoms with Crippen LogP contribution in [0.5, 0.6) is 11.5 Å². The van der Waals surface area contributed by atoms with Crippen molar-refractivity contribution in [2.45, 2.75) is 90.9 Å². The van der Waals surface area contributed by atoms with Crippen molar-refractivity contribution in [3.05, 3.63) is 24.3 Å². The second kappa shape index (κ2) is 11.6. The Balaban J connectivity index is 1.39. The van der Waals surface area contributed by atoms with Gasteiger partial charge in [0.05, 0.1) is 12.5 Å². The lowest BCUT2D eigenvalue weighted by Gasteiger charge is -2.37. The van der Waals surface area contributed by atoms with Crippen molar-refractivity contribution in [1.29, 1.82) is 0 Å². The highest BCUT2D eigenvalue weighted by Gasteiger charge is 2.33. The maximum atomic E-state index is 12.6. The molecule has 2 aliphatic rings. The number of unbranched alkanes of at least 4 members (excludes halogenated alkanes) is 1. The Bertz CT molecular complexity index is 593. The van der Waals surface area contributed by atoms with Crippen molar-refractivity contribution in [2.24, 2.45) is 23.7 Å². The Labute approximate surface area is 177 Å². The summed E-state index contributed by atoms with van der Waals surface area (Å²) >= 11 is 0. The fourth-order valence-electron chi connectivity index (χ4n) is 5.32. The molecule has 0 amide bonds. The van der Waals surface area contributed by atoms with E-state index in [2.05, 4.69) is 13.8 Å². The quantitative estimate of drug-likeness (QED) is 0.250. The van der Waals surface area contributed by atoms with Gasteiger partial charge in [0.15, 0.2) is 0 Å². The molecule has 0 radical (unpaired) electrons. The summed E-state index contributed by atoms with van der Waals surface area (Å²) in [5, 5.41) is 0. The number of benzene rings is 1. The number of carbonyl (C=O) groups is 1. The van der Waals surface area contributed by atoms with Crippen molar-refractivity contribution in [3.63, 3.8) is 0 Å². The lowest BCUT2D eigenvalue weighted by Crippen LogP contribution is -2.30. The minimum Gasteiger partial charge on any atom is -0.494 e. The van der Waals surface area contributed by atoms with Crippen molar-refractivity contribution in [1.82, 2.24) is 0 Å². The minimum atomic E-state index is -0.0465. The molecule has 0 saturated heterocycles. The fraction of sp³-hybridized carbons (Fsp3) is 0.731. The summed E-state index contributed by atoms with van der Waals surface area (Å²) in [6.45, 7) is 5.19. The summed E-state index contributed by atoms with van der Waals surface area (Å²) in [6, 6.07) is 7.48. The normalized spacial score (nSPS) is 27.4. The zero-order valence-electron chi connectivity index (χ0n) is 18.5. The zero-order chi connectivity index (χ0) is 20.5. The first-order chi connectivity index (χ1) is 14.2. The summed E-state index contributed by atoms with van der Waals surface area (Å²) in [5.41, 5.74) is 0. The predicted molar refractivity (Wildman–Crippen MR) is 118 cm³/mol. The number of esters is 1. The molecule has 162 valence electrons. The number of hydrogen-bond donors (Lipinski definition) is 0. The van der Waals surface area contributed by atoms with E-state index < -0.39 is 0 Å². The summed E-state index contributed by atoms with van der Waals surface area (Å²) in [6.07, 6.45) is 15.0. The maximum Gasteiger partial charge on any atom is 0.314 e. The lowest BCUT2D eigenvalue weighted by atomic mass is 9.69. The number of hydrogen-bond acceptors (Lipinski definition) is 3. The standard InChI is InChI=1S/C26H40O3/c1-3-5-19-28-24-15-17-25(18-16-24)29-26(27)23-13-11-22(12-14-23)21-9-7-20(6-4-2)8-10-21/h15-18,20-23H,3-14,19H2,1-2H3. The van der Waals surface area contributed by atoms with Crippen molar-refractivity contribution < 1.29 is 14.3 Å². The first-order valence-corrected chi connectivity index (χ1v) is 12.1. The summed E-state index contributed by atoms with van der Waals surface area (Å²) in [5.74, 6) is 4.21. The van der Waals surface area contributed by atoms with Crippen LogP contribution in [0.1, 0.15) is 90.9 Å². The molecule has 3 nitrogen and oxygen atoms in total. The predicted octanol–water partition coefficient (Wildman–Crippen LogP) is 7.18. The molecule has 3 heteroatoms. The molecule has 1 aromatic carbocycles. The highest BCUT2D eigenvalue weighted by molar-refractivity contribution is 5.75. The van der Waals surface area contributed by atoms with Crippen LogP contribution in [0.3, 0.4) is 0 Å². The van der Waals surface area contributed by atoms with Gasteiger partial charge in [-0.1, -0.05) is 46.0 Å². The molecule has 0 N–H and O–H groups in total. The van der Waals surface area contributed by atoms with E-state index in [0.717, 1.165) is 55.8 Å². The van der Waals surface area contributed by atoms with Gasteiger partial charge in [-0.05, 0) is 87.0 Å². The van der Waals surface area contributed by atoms with Crippen LogP contribution in [-0.4, -0.2) is 12.6 Å². The molecule has 0 heterocycles. The van der Waals surface area contributed by atoms with E-state index in [1.807, 2.05) is 24.3 Å². The topological polar surface area (TPSA) is 35.5 Å². The molecule has 2 fully saturated rings. The van der Waals surface area contributed by atoms with Gasteiger partial charge in [0, 0.05) is 0 Å². The molecule has 2 saturated carbocycles. The fourth-order valence-corrected chi connectivity index (χ4v) is 5.32. The SMILES string of the molecule is CCCCOc1ccc(OC(=O)C2CCC(C3CCC(CCC)CC3)CC2)cc1. The van der Waals surface area contributed by atoms with Crippen molar-refractivity contribution in [2.75, 3.05) is 6.61 Å². The first kappa shape index (κ1) is 22.2. The van der Waals surface area contributed by atoms with Crippen LogP contribution in [0.2, 0.25) is 0 Å². The van der Waals surface area contributed by atoms with Gasteiger partial charge in [-0.15, -0.1) is 0 Å². The van der Waals surface area contributed by atoms with Crippen LogP contribution in [0.15, 0.2) is 24.3 Å². The van der Waals surface area contributed by atoms with Gasteiger partial charge in [-0.2, -0.15) is 0 Å². The smallest absolute Gasteiger partial charge is 0.314 e. The first-order valence-electron chi connectivity index (χ1n) is 12.1. The Kier molecular flexibility index (Phi) is 8.89. The van der Waals surface area contributed by atoms with Crippen LogP contribution in [0, 0.1) is 23.7 Å². The van der Waals surface area contributed by atoms with E-state index in [-0.39, 0.29) is 11.9 Å². The van der Waals surface area contributed by atoms with Gasteiger partial charge in [0.25, 0.3) is 0 Å². The molecule has 0 spiro atoms. The summed E-state index contributed by atoms with van der Waals surface area (Å²) in [4.78, 5) is 12.6. The molecule has 2 aliphatic carbocycles. The molecule has 0 atom stereocenters. The Morgan fingerprint density at radius 1 is 0.828 bits per heavy atom. The number of ether oxygens (including phenoxy) is 2. The Hall–Kier alpha value is -1.51. The second-order valence-corrected chi connectivity index (χ2v) is 9.28. The van der Waals surface area contributed by atoms with E-state index >= 15 is 0 Å². The highest BCUT2D eigenvalue weighted by atomic mass is 16.5. The molecular formula is C26H40O3. The molecule has 0 bridgehead atoms. The molecule has 3 rings (SSSR count). The Morgan fingerprint density at radius 2 is 1.41 bits per heavy atom. The molecule has 0 aromatic heterocycles. The highest BCUT2D eigenvalue weighted by Crippen LogP contribution is 2.42. The number of carbonyl (C=O) groups excluding carboxylic acids is 1. The van der Waals surface area contributed by atoms with E-state index in [9.17, 15) is 4.79 Å². The van der Waals surface area contributed by atoms with Gasteiger partial charge in [-0.3, -0.25) is 4.79 Å². The van der Waals surface area contributed by atoms with E-state index in [1.165, 1.54) is 51.4 Å².